The van der Waals surface area contributed by atoms with Crippen LogP contribution in [-0.4, -0.2) is 31.6 Å². The molecule has 0 N–H and O–H groups in total. The first-order chi connectivity index (χ1) is 15.6. The molecule has 0 saturated carbocycles. The Morgan fingerprint density at radius 1 is 0.875 bits per heavy atom. The lowest BCUT2D eigenvalue weighted by molar-refractivity contribution is -0.107. The van der Waals surface area contributed by atoms with Gasteiger partial charge in [-0.3, -0.25) is 4.79 Å². The van der Waals surface area contributed by atoms with Crippen LogP contribution in [0.2, 0.25) is 10.0 Å². The van der Waals surface area contributed by atoms with E-state index in [2.05, 4.69) is 0 Å². The summed E-state index contributed by atoms with van der Waals surface area (Å²) in [5.41, 5.74) is 1.18. The van der Waals surface area contributed by atoms with Gasteiger partial charge in [-0.25, -0.2) is 0 Å². The van der Waals surface area contributed by atoms with E-state index in [0.717, 1.165) is 44.1 Å². The molecule has 7 heteroatoms. The second-order valence-electron chi connectivity index (χ2n) is 7.86. The zero-order chi connectivity index (χ0) is 22.3. The summed E-state index contributed by atoms with van der Waals surface area (Å²) in [5, 5.41) is 0.899. The largest absolute Gasteiger partial charge is 0.465 e. The first-order valence-corrected chi connectivity index (χ1v) is 11.7. The molecular weight excluding hydrogens is 451 g/mol. The molecule has 5 nitrogen and oxygen atoms in total. The standard InChI is InChI=1S/C25H26Cl2O5/c26-20-10-7-17(15-21(20)27)8-11-22(28)19-16-18(31-24-5-1-3-13-29-24)9-12-23(19)32-25-6-2-4-14-30-25/h7-12,15-16,24-25H,1-6,13-14H2/b11-8+. The normalized spacial score (nSPS) is 21.4. The molecule has 0 aliphatic carbocycles. The predicted molar refractivity (Wildman–Crippen MR) is 125 cm³/mol. The van der Waals surface area contributed by atoms with E-state index in [4.69, 9.17) is 42.1 Å². The lowest BCUT2D eigenvalue weighted by atomic mass is 10.1. The first-order valence-electron chi connectivity index (χ1n) is 11.0. The molecule has 2 aromatic rings. The lowest BCUT2D eigenvalue weighted by Crippen LogP contribution is -2.26. The van der Waals surface area contributed by atoms with E-state index in [-0.39, 0.29) is 18.4 Å². The Balaban J connectivity index is 1.55. The number of ether oxygens (including phenoxy) is 4. The molecular formula is C25H26Cl2O5. The number of rotatable bonds is 7. The summed E-state index contributed by atoms with van der Waals surface area (Å²) in [7, 11) is 0. The molecule has 2 heterocycles. The predicted octanol–water partition coefficient (Wildman–Crippen LogP) is 6.70. The fourth-order valence-electron chi connectivity index (χ4n) is 3.66. The minimum atomic E-state index is -0.359. The summed E-state index contributed by atoms with van der Waals surface area (Å²) >= 11 is 12.1. The molecule has 0 bridgehead atoms. The number of carbonyl (C=O) groups excluding carboxylic acids is 1. The van der Waals surface area contributed by atoms with Crippen LogP contribution in [0.1, 0.15) is 54.4 Å². The zero-order valence-corrected chi connectivity index (χ0v) is 19.2. The van der Waals surface area contributed by atoms with Crippen molar-refractivity contribution in [3.63, 3.8) is 0 Å². The third-order valence-electron chi connectivity index (χ3n) is 5.39. The Bertz CT molecular complexity index is 963. The number of ketones is 1. The van der Waals surface area contributed by atoms with E-state index < -0.39 is 0 Å². The highest BCUT2D eigenvalue weighted by molar-refractivity contribution is 6.42. The number of halogens is 2. The third-order valence-corrected chi connectivity index (χ3v) is 6.13. The smallest absolute Gasteiger partial charge is 0.199 e. The molecule has 4 rings (SSSR count). The second kappa shape index (κ2) is 11.2. The summed E-state index contributed by atoms with van der Waals surface area (Å²) in [6.45, 7) is 1.34. The highest BCUT2D eigenvalue weighted by atomic mass is 35.5. The molecule has 2 saturated heterocycles. The van der Waals surface area contributed by atoms with E-state index in [9.17, 15) is 4.79 Å². The Labute approximate surface area is 198 Å². The van der Waals surface area contributed by atoms with Crippen molar-refractivity contribution in [2.45, 2.75) is 51.1 Å². The molecule has 0 aromatic heterocycles. The summed E-state index contributed by atoms with van der Waals surface area (Å²) in [6, 6.07) is 10.5. The first kappa shape index (κ1) is 23.1. The van der Waals surface area contributed by atoms with Gasteiger partial charge < -0.3 is 18.9 Å². The van der Waals surface area contributed by atoms with Crippen molar-refractivity contribution >= 4 is 35.1 Å². The Morgan fingerprint density at radius 3 is 2.25 bits per heavy atom. The van der Waals surface area contributed by atoms with Crippen LogP contribution >= 0.6 is 23.2 Å². The van der Waals surface area contributed by atoms with Crippen molar-refractivity contribution in [1.29, 1.82) is 0 Å². The Kier molecular flexibility index (Phi) is 8.09. The van der Waals surface area contributed by atoms with Crippen LogP contribution in [0, 0.1) is 0 Å². The fraction of sp³-hybridized carbons (Fsp3) is 0.400. The van der Waals surface area contributed by atoms with Gasteiger partial charge in [0.1, 0.15) is 11.5 Å². The Hall–Kier alpha value is -2.05. The van der Waals surface area contributed by atoms with E-state index in [1.54, 1.807) is 42.5 Å². The van der Waals surface area contributed by atoms with Gasteiger partial charge >= 0.3 is 0 Å². The zero-order valence-electron chi connectivity index (χ0n) is 17.7. The molecule has 2 aliphatic heterocycles. The van der Waals surface area contributed by atoms with Crippen LogP contribution < -0.4 is 9.47 Å². The number of hydrogen-bond acceptors (Lipinski definition) is 5. The van der Waals surface area contributed by atoms with Crippen molar-refractivity contribution in [2.24, 2.45) is 0 Å². The minimum Gasteiger partial charge on any atom is -0.465 e. The van der Waals surface area contributed by atoms with E-state index in [0.29, 0.717) is 40.3 Å². The average Bonchev–Trinajstić information content (AvgIpc) is 2.82. The SMILES string of the molecule is O=C(/C=C/c1ccc(Cl)c(Cl)c1)c1cc(OC2CCCCO2)ccc1OC1CCCCO1. The maximum Gasteiger partial charge on any atom is 0.199 e. The monoisotopic (exact) mass is 476 g/mol. The maximum atomic E-state index is 13.1. The molecule has 32 heavy (non-hydrogen) atoms. The van der Waals surface area contributed by atoms with Gasteiger partial charge in [0, 0.05) is 12.8 Å². The van der Waals surface area contributed by atoms with Gasteiger partial charge in [-0.15, -0.1) is 0 Å². The minimum absolute atomic E-state index is 0.211. The summed E-state index contributed by atoms with van der Waals surface area (Å²) in [4.78, 5) is 13.1. The summed E-state index contributed by atoms with van der Waals surface area (Å²) in [6.07, 6.45) is 8.30. The van der Waals surface area contributed by atoms with Crippen LogP contribution in [0.5, 0.6) is 11.5 Å². The third kappa shape index (κ3) is 6.26. The van der Waals surface area contributed by atoms with Crippen LogP contribution in [0.3, 0.4) is 0 Å². The highest BCUT2D eigenvalue weighted by Crippen LogP contribution is 2.30. The average molecular weight is 477 g/mol. The van der Waals surface area contributed by atoms with Gasteiger partial charge in [-0.1, -0.05) is 35.3 Å². The van der Waals surface area contributed by atoms with Gasteiger partial charge in [-0.05, 0) is 67.7 Å². The van der Waals surface area contributed by atoms with Gasteiger partial charge in [-0.2, -0.15) is 0 Å². The molecule has 2 aliphatic rings. The van der Waals surface area contributed by atoms with Crippen molar-refractivity contribution in [3.8, 4) is 11.5 Å². The molecule has 170 valence electrons. The van der Waals surface area contributed by atoms with Crippen LogP contribution in [0.4, 0.5) is 0 Å². The molecule has 2 unspecified atom stereocenters. The van der Waals surface area contributed by atoms with E-state index >= 15 is 0 Å². The van der Waals surface area contributed by atoms with E-state index in [1.807, 2.05) is 0 Å². The van der Waals surface area contributed by atoms with Crippen LogP contribution in [0.15, 0.2) is 42.5 Å². The van der Waals surface area contributed by atoms with E-state index in [1.165, 1.54) is 6.08 Å². The quantitative estimate of drug-likeness (QED) is 0.328. The topological polar surface area (TPSA) is 54.0 Å². The Morgan fingerprint density at radius 2 is 1.59 bits per heavy atom. The maximum absolute atomic E-state index is 13.1. The van der Waals surface area contributed by atoms with Crippen molar-refractivity contribution in [3.05, 3.63) is 63.6 Å². The van der Waals surface area contributed by atoms with Crippen LogP contribution in [-0.2, 0) is 9.47 Å². The number of carbonyl (C=O) groups is 1. The van der Waals surface area contributed by atoms with Gasteiger partial charge in [0.2, 0.25) is 0 Å². The fourth-order valence-corrected chi connectivity index (χ4v) is 3.96. The summed E-state index contributed by atoms with van der Waals surface area (Å²) < 4.78 is 23.4. The number of allylic oxidation sites excluding steroid dienone is 1. The molecule has 2 fully saturated rings. The van der Waals surface area contributed by atoms with Crippen LogP contribution in [0.25, 0.3) is 6.08 Å². The van der Waals surface area contributed by atoms with Gasteiger partial charge in [0.15, 0.2) is 18.4 Å². The van der Waals surface area contributed by atoms with Crippen molar-refractivity contribution in [1.82, 2.24) is 0 Å². The molecule has 0 radical (unpaired) electrons. The lowest BCUT2D eigenvalue weighted by Gasteiger charge is -2.25. The number of hydrogen-bond donors (Lipinski definition) is 0. The molecule has 2 aromatic carbocycles. The number of benzene rings is 2. The van der Waals surface area contributed by atoms with Crippen molar-refractivity contribution in [2.75, 3.05) is 13.2 Å². The highest BCUT2D eigenvalue weighted by Gasteiger charge is 2.21. The molecule has 2 atom stereocenters. The molecule has 0 amide bonds. The van der Waals surface area contributed by atoms with Gasteiger partial charge in [0.25, 0.3) is 0 Å². The molecule has 0 spiro atoms. The summed E-state index contributed by atoms with van der Waals surface area (Å²) in [5.74, 6) is 0.828. The van der Waals surface area contributed by atoms with Crippen molar-refractivity contribution < 1.29 is 23.7 Å². The van der Waals surface area contributed by atoms with Gasteiger partial charge in [0.05, 0.1) is 28.8 Å². The second-order valence-corrected chi connectivity index (χ2v) is 8.67.